The summed E-state index contributed by atoms with van der Waals surface area (Å²) in [7, 11) is 0. The zero-order valence-electron chi connectivity index (χ0n) is 11.6. The highest BCUT2D eigenvalue weighted by Gasteiger charge is 2.15. The van der Waals surface area contributed by atoms with Gasteiger partial charge in [0.1, 0.15) is 5.82 Å². The molecule has 2 heterocycles. The van der Waals surface area contributed by atoms with Crippen molar-refractivity contribution in [1.29, 1.82) is 0 Å². The van der Waals surface area contributed by atoms with E-state index in [0.717, 1.165) is 29.7 Å². The van der Waals surface area contributed by atoms with Crippen LogP contribution >= 0.6 is 0 Å². The third-order valence-corrected chi connectivity index (χ3v) is 3.30. The van der Waals surface area contributed by atoms with E-state index in [9.17, 15) is 4.79 Å². The fourth-order valence-electron chi connectivity index (χ4n) is 2.36. The number of carbonyl (C=O) groups is 1. The van der Waals surface area contributed by atoms with E-state index in [0.29, 0.717) is 12.3 Å². The lowest BCUT2D eigenvalue weighted by molar-refractivity contribution is 0.0685. The molecule has 0 unspecified atom stereocenters. The van der Waals surface area contributed by atoms with Crippen molar-refractivity contribution in [2.24, 2.45) is 0 Å². The van der Waals surface area contributed by atoms with Crippen LogP contribution in [0.25, 0.3) is 11.0 Å². The van der Waals surface area contributed by atoms with E-state index in [-0.39, 0.29) is 5.69 Å². The van der Waals surface area contributed by atoms with Crippen LogP contribution in [0.2, 0.25) is 0 Å². The molecule has 0 fully saturated rings. The van der Waals surface area contributed by atoms with E-state index in [2.05, 4.69) is 17.1 Å². The van der Waals surface area contributed by atoms with Gasteiger partial charge in [0.2, 0.25) is 0 Å². The van der Waals surface area contributed by atoms with Gasteiger partial charge in [0.05, 0.1) is 17.6 Å². The molecule has 0 saturated carbocycles. The van der Waals surface area contributed by atoms with Crippen LogP contribution in [0, 0.1) is 0 Å². The van der Waals surface area contributed by atoms with Crippen molar-refractivity contribution >= 4 is 17.0 Å². The van der Waals surface area contributed by atoms with E-state index in [1.165, 1.54) is 6.07 Å². The first-order valence-corrected chi connectivity index (χ1v) is 6.82. The molecule has 2 aromatic heterocycles. The molecule has 0 aliphatic rings. The second kappa shape index (κ2) is 5.40. The minimum absolute atomic E-state index is 0.0773. The highest BCUT2D eigenvalue weighted by atomic mass is 16.5. The van der Waals surface area contributed by atoms with Crippen LogP contribution in [0.3, 0.4) is 0 Å². The smallest absolute Gasteiger partial charge is 0.358 e. The number of para-hydroxylation sites is 2. The number of fused-ring (bicyclic) bond motifs is 1. The van der Waals surface area contributed by atoms with Crippen molar-refractivity contribution in [3.8, 4) is 0 Å². The second-order valence-corrected chi connectivity index (χ2v) is 4.84. The standard InChI is InChI=1S/C15H15N3O3/c1-2-5-14-16-11-6-3-4-7-13(11)18(14)9-10-8-12(15(19)20)17-21-10/h3-4,6-8H,2,5,9H2,1H3,(H,19,20). The number of hydrogen-bond donors (Lipinski definition) is 1. The summed E-state index contributed by atoms with van der Waals surface area (Å²) >= 11 is 0. The van der Waals surface area contributed by atoms with Crippen molar-refractivity contribution in [2.45, 2.75) is 26.3 Å². The van der Waals surface area contributed by atoms with Gasteiger partial charge in [-0.3, -0.25) is 0 Å². The van der Waals surface area contributed by atoms with Gasteiger partial charge in [0.25, 0.3) is 0 Å². The third-order valence-electron chi connectivity index (χ3n) is 3.30. The molecule has 0 saturated heterocycles. The molecule has 0 amide bonds. The van der Waals surface area contributed by atoms with Gasteiger partial charge in [-0.1, -0.05) is 24.2 Å². The first-order valence-electron chi connectivity index (χ1n) is 6.82. The number of aromatic nitrogens is 3. The number of nitrogens with zero attached hydrogens (tertiary/aromatic N) is 3. The Morgan fingerprint density at radius 3 is 2.90 bits per heavy atom. The third kappa shape index (κ3) is 2.52. The first kappa shape index (κ1) is 13.4. The molecule has 6 nitrogen and oxygen atoms in total. The van der Waals surface area contributed by atoms with Gasteiger partial charge in [-0.05, 0) is 18.6 Å². The number of carboxylic acid groups (broad SMARTS) is 1. The molecular weight excluding hydrogens is 270 g/mol. The van der Waals surface area contributed by atoms with Gasteiger partial charge in [-0.25, -0.2) is 9.78 Å². The van der Waals surface area contributed by atoms with Gasteiger partial charge >= 0.3 is 5.97 Å². The number of rotatable bonds is 5. The number of aromatic carboxylic acids is 1. The second-order valence-electron chi connectivity index (χ2n) is 4.84. The lowest BCUT2D eigenvalue weighted by Crippen LogP contribution is -2.04. The maximum Gasteiger partial charge on any atom is 0.358 e. The van der Waals surface area contributed by atoms with Gasteiger partial charge in [0, 0.05) is 12.5 Å². The first-order chi connectivity index (χ1) is 10.2. The summed E-state index contributed by atoms with van der Waals surface area (Å²) in [6, 6.07) is 9.32. The van der Waals surface area contributed by atoms with Crippen molar-refractivity contribution in [1.82, 2.24) is 14.7 Å². The van der Waals surface area contributed by atoms with Gasteiger partial charge in [0.15, 0.2) is 11.5 Å². The molecule has 1 N–H and O–H groups in total. The number of benzene rings is 1. The van der Waals surface area contributed by atoms with E-state index >= 15 is 0 Å². The average molecular weight is 285 g/mol. The molecule has 0 bridgehead atoms. The van der Waals surface area contributed by atoms with Gasteiger partial charge in [-0.2, -0.15) is 0 Å². The van der Waals surface area contributed by atoms with Crippen LogP contribution in [-0.4, -0.2) is 25.8 Å². The lowest BCUT2D eigenvalue weighted by Gasteiger charge is -2.05. The minimum atomic E-state index is -1.09. The predicted octanol–water partition coefficient (Wildman–Crippen LogP) is 2.72. The summed E-state index contributed by atoms with van der Waals surface area (Å²) in [5.74, 6) is 0.383. The summed E-state index contributed by atoms with van der Waals surface area (Å²) < 4.78 is 7.15. The van der Waals surface area contributed by atoms with Crippen LogP contribution in [-0.2, 0) is 13.0 Å². The number of hydrogen-bond acceptors (Lipinski definition) is 4. The Morgan fingerprint density at radius 1 is 1.38 bits per heavy atom. The number of aryl methyl sites for hydroxylation is 1. The molecule has 0 aliphatic heterocycles. The molecule has 21 heavy (non-hydrogen) atoms. The summed E-state index contributed by atoms with van der Waals surface area (Å²) in [5, 5.41) is 12.4. The largest absolute Gasteiger partial charge is 0.476 e. The molecule has 0 aliphatic carbocycles. The molecule has 108 valence electrons. The zero-order chi connectivity index (χ0) is 14.8. The topological polar surface area (TPSA) is 81.2 Å². The molecule has 0 atom stereocenters. The van der Waals surface area contributed by atoms with Crippen molar-refractivity contribution in [3.63, 3.8) is 0 Å². The van der Waals surface area contributed by atoms with Crippen LogP contribution in [0.5, 0.6) is 0 Å². The monoisotopic (exact) mass is 285 g/mol. The molecular formula is C15H15N3O3. The van der Waals surface area contributed by atoms with Crippen LogP contribution in [0.1, 0.15) is 35.4 Å². The predicted molar refractivity (Wildman–Crippen MR) is 76.3 cm³/mol. The Labute approximate surface area is 121 Å². The Hall–Kier alpha value is -2.63. The van der Waals surface area contributed by atoms with Gasteiger partial charge in [-0.15, -0.1) is 0 Å². The minimum Gasteiger partial charge on any atom is -0.476 e. The summed E-state index contributed by atoms with van der Waals surface area (Å²) in [6.45, 7) is 2.52. The molecule has 1 aromatic carbocycles. The van der Waals surface area contributed by atoms with Gasteiger partial charge < -0.3 is 14.2 Å². The maximum atomic E-state index is 10.9. The zero-order valence-corrected chi connectivity index (χ0v) is 11.6. The summed E-state index contributed by atoms with van der Waals surface area (Å²) in [5.41, 5.74) is 1.86. The van der Waals surface area contributed by atoms with Crippen molar-refractivity contribution in [2.75, 3.05) is 0 Å². The highest BCUT2D eigenvalue weighted by molar-refractivity contribution is 5.85. The molecule has 0 radical (unpaired) electrons. The summed E-state index contributed by atoms with van der Waals surface area (Å²) in [6.07, 6.45) is 1.84. The summed E-state index contributed by atoms with van der Waals surface area (Å²) in [4.78, 5) is 15.5. The van der Waals surface area contributed by atoms with E-state index in [1.807, 2.05) is 28.8 Å². The SMILES string of the molecule is CCCc1nc2ccccc2n1Cc1cc(C(=O)O)no1. The number of carboxylic acids is 1. The van der Waals surface area contributed by atoms with Crippen LogP contribution in [0.15, 0.2) is 34.9 Å². The van der Waals surface area contributed by atoms with Crippen LogP contribution in [0.4, 0.5) is 0 Å². The molecule has 6 heteroatoms. The fourth-order valence-corrected chi connectivity index (χ4v) is 2.36. The molecule has 0 spiro atoms. The Kier molecular flexibility index (Phi) is 3.43. The quantitative estimate of drug-likeness (QED) is 0.779. The Bertz CT molecular complexity index is 788. The van der Waals surface area contributed by atoms with E-state index < -0.39 is 5.97 Å². The Morgan fingerprint density at radius 2 is 2.19 bits per heavy atom. The fraction of sp³-hybridized carbons (Fsp3) is 0.267. The lowest BCUT2D eigenvalue weighted by atomic mass is 10.3. The van der Waals surface area contributed by atoms with E-state index in [1.54, 1.807) is 0 Å². The normalized spacial score (nSPS) is 11.1. The molecule has 3 aromatic rings. The average Bonchev–Trinajstić information content (AvgIpc) is 3.06. The number of imidazole rings is 1. The van der Waals surface area contributed by atoms with Crippen molar-refractivity contribution < 1.29 is 14.4 Å². The van der Waals surface area contributed by atoms with E-state index in [4.69, 9.17) is 9.63 Å². The van der Waals surface area contributed by atoms with Crippen molar-refractivity contribution in [3.05, 3.63) is 47.6 Å². The maximum absolute atomic E-state index is 10.9. The molecule has 3 rings (SSSR count). The van der Waals surface area contributed by atoms with Crippen LogP contribution < -0.4 is 0 Å². The Balaban J connectivity index is 2.01. The highest BCUT2D eigenvalue weighted by Crippen LogP contribution is 2.19.